The Kier molecular flexibility index (Phi) is 6.87. The summed E-state index contributed by atoms with van der Waals surface area (Å²) in [5, 5.41) is 7.10. The third kappa shape index (κ3) is 5.14. The molecular formula is C21H29N5O3. The molecule has 3 N–H and O–H groups in total. The fourth-order valence-electron chi connectivity index (χ4n) is 3.68. The number of piperidine rings is 1. The van der Waals surface area contributed by atoms with Crippen LogP contribution in [0.25, 0.3) is 5.69 Å². The van der Waals surface area contributed by atoms with Gasteiger partial charge in [0.05, 0.1) is 19.0 Å². The highest BCUT2D eigenvalue weighted by molar-refractivity contribution is 5.95. The minimum atomic E-state index is -0.538. The zero-order valence-electron chi connectivity index (χ0n) is 17.1. The van der Waals surface area contributed by atoms with Gasteiger partial charge in [0.1, 0.15) is 11.4 Å². The fraction of sp³-hybridized carbons (Fsp3) is 0.476. The number of nitrogens with one attached hydrogen (secondary N) is 1. The van der Waals surface area contributed by atoms with E-state index in [1.807, 2.05) is 0 Å². The van der Waals surface area contributed by atoms with Gasteiger partial charge in [-0.2, -0.15) is 5.10 Å². The monoisotopic (exact) mass is 399 g/mol. The van der Waals surface area contributed by atoms with Crippen LogP contribution in [0.2, 0.25) is 0 Å². The SMILES string of the molecule is COC(=O)c1cnn(-c2ccc(C(=O)NCCCN3CCC[C@@H](C)C3)cc2)c1N. The second kappa shape index (κ2) is 9.56. The van der Waals surface area contributed by atoms with Crippen LogP contribution in [0.5, 0.6) is 0 Å². The number of amides is 1. The lowest BCUT2D eigenvalue weighted by atomic mass is 10.0. The lowest BCUT2D eigenvalue weighted by Gasteiger charge is -2.30. The number of carbonyl (C=O) groups is 2. The Labute approximate surface area is 171 Å². The molecule has 0 aliphatic carbocycles. The molecular weight excluding hydrogens is 370 g/mol. The van der Waals surface area contributed by atoms with E-state index in [0.717, 1.165) is 32.0 Å². The molecule has 1 atom stereocenters. The van der Waals surface area contributed by atoms with Gasteiger partial charge in [-0.15, -0.1) is 0 Å². The van der Waals surface area contributed by atoms with Crippen molar-refractivity contribution in [2.24, 2.45) is 5.92 Å². The number of aromatic nitrogens is 2. The first-order chi connectivity index (χ1) is 14.0. The van der Waals surface area contributed by atoms with Crippen molar-refractivity contribution < 1.29 is 14.3 Å². The molecule has 8 nitrogen and oxygen atoms in total. The summed E-state index contributed by atoms with van der Waals surface area (Å²) in [6.45, 7) is 6.28. The highest BCUT2D eigenvalue weighted by Crippen LogP contribution is 2.18. The normalized spacial score (nSPS) is 17.1. The molecule has 1 aromatic heterocycles. The van der Waals surface area contributed by atoms with E-state index >= 15 is 0 Å². The van der Waals surface area contributed by atoms with Crippen molar-refractivity contribution in [1.29, 1.82) is 0 Å². The summed E-state index contributed by atoms with van der Waals surface area (Å²) in [5.74, 6) is 0.321. The van der Waals surface area contributed by atoms with Crippen LogP contribution in [-0.2, 0) is 4.74 Å². The van der Waals surface area contributed by atoms with Gasteiger partial charge >= 0.3 is 5.97 Å². The van der Waals surface area contributed by atoms with Crippen LogP contribution in [0, 0.1) is 5.92 Å². The lowest BCUT2D eigenvalue weighted by molar-refractivity contribution is 0.0601. The van der Waals surface area contributed by atoms with E-state index in [-0.39, 0.29) is 17.3 Å². The molecule has 1 amide bonds. The molecule has 1 aliphatic rings. The van der Waals surface area contributed by atoms with Crippen molar-refractivity contribution in [3.8, 4) is 5.69 Å². The summed E-state index contributed by atoms with van der Waals surface area (Å²) >= 11 is 0. The number of nitrogens with two attached hydrogens (primary N) is 1. The first kappa shape index (κ1) is 20.9. The maximum absolute atomic E-state index is 12.4. The summed E-state index contributed by atoms with van der Waals surface area (Å²) in [7, 11) is 1.29. The van der Waals surface area contributed by atoms with Crippen LogP contribution in [0.15, 0.2) is 30.5 Å². The standard InChI is InChI=1S/C21H29N5O3/c1-15-5-3-11-25(14-15)12-4-10-23-20(27)16-6-8-17(9-7-16)26-19(22)18(13-24-26)21(28)29-2/h6-9,13,15H,3-5,10-12,14,22H2,1-2H3,(H,23,27)/t15-/m1/s1. The average molecular weight is 399 g/mol. The Hall–Kier alpha value is -2.87. The number of hydrogen-bond donors (Lipinski definition) is 2. The van der Waals surface area contributed by atoms with Gasteiger partial charge in [-0.25, -0.2) is 9.48 Å². The number of anilines is 1. The number of rotatable bonds is 7. The molecule has 2 aromatic rings. The predicted octanol–water partition coefficient (Wildman–Crippen LogP) is 2.09. The van der Waals surface area contributed by atoms with Crippen molar-refractivity contribution in [2.75, 3.05) is 39.0 Å². The van der Waals surface area contributed by atoms with E-state index in [2.05, 4.69) is 27.0 Å². The molecule has 29 heavy (non-hydrogen) atoms. The van der Waals surface area contributed by atoms with Crippen LogP contribution >= 0.6 is 0 Å². The summed E-state index contributed by atoms with van der Waals surface area (Å²) in [6.07, 6.45) is 4.89. The fourth-order valence-corrected chi connectivity index (χ4v) is 3.68. The highest BCUT2D eigenvalue weighted by Gasteiger charge is 2.17. The van der Waals surface area contributed by atoms with Gasteiger partial charge in [-0.1, -0.05) is 6.92 Å². The molecule has 1 aliphatic heterocycles. The van der Waals surface area contributed by atoms with Crippen molar-refractivity contribution >= 4 is 17.7 Å². The third-order valence-corrected chi connectivity index (χ3v) is 5.26. The maximum atomic E-state index is 12.4. The van der Waals surface area contributed by atoms with Gasteiger partial charge in [-0.3, -0.25) is 4.79 Å². The Morgan fingerprint density at radius 3 is 2.76 bits per heavy atom. The molecule has 156 valence electrons. The second-order valence-electron chi connectivity index (χ2n) is 7.55. The number of carbonyl (C=O) groups excluding carboxylic acids is 2. The molecule has 0 spiro atoms. The average Bonchev–Trinajstić information content (AvgIpc) is 3.12. The number of likely N-dealkylation sites (tertiary alicyclic amines) is 1. The van der Waals surface area contributed by atoms with E-state index in [1.54, 1.807) is 24.3 Å². The van der Waals surface area contributed by atoms with Crippen molar-refractivity contribution in [1.82, 2.24) is 20.0 Å². The lowest BCUT2D eigenvalue weighted by Crippen LogP contribution is -2.36. The number of nitrogens with zero attached hydrogens (tertiary/aromatic N) is 3. The van der Waals surface area contributed by atoms with E-state index in [0.29, 0.717) is 17.8 Å². The van der Waals surface area contributed by atoms with E-state index in [4.69, 9.17) is 5.73 Å². The zero-order chi connectivity index (χ0) is 20.8. The van der Waals surface area contributed by atoms with Crippen LogP contribution in [0.3, 0.4) is 0 Å². The van der Waals surface area contributed by atoms with E-state index in [1.165, 1.54) is 30.8 Å². The topological polar surface area (TPSA) is 102 Å². The molecule has 0 unspecified atom stereocenters. The Morgan fingerprint density at radius 2 is 2.07 bits per heavy atom. The van der Waals surface area contributed by atoms with Crippen molar-refractivity contribution in [3.05, 3.63) is 41.6 Å². The summed E-state index contributed by atoms with van der Waals surface area (Å²) in [5.41, 5.74) is 7.41. The summed E-state index contributed by atoms with van der Waals surface area (Å²) in [6, 6.07) is 6.93. The van der Waals surface area contributed by atoms with Crippen LogP contribution in [-0.4, -0.2) is 59.8 Å². The van der Waals surface area contributed by atoms with Gasteiger partial charge in [-0.05, 0) is 62.5 Å². The van der Waals surface area contributed by atoms with Crippen molar-refractivity contribution in [3.63, 3.8) is 0 Å². The minimum Gasteiger partial charge on any atom is -0.465 e. The molecule has 0 radical (unpaired) electrons. The number of benzene rings is 1. The Balaban J connectivity index is 1.51. The number of methoxy groups -OCH3 is 1. The quantitative estimate of drug-likeness (QED) is 0.546. The first-order valence-electron chi connectivity index (χ1n) is 10.0. The van der Waals surface area contributed by atoms with E-state index < -0.39 is 5.97 Å². The van der Waals surface area contributed by atoms with Crippen LogP contribution in [0.1, 0.15) is 46.9 Å². The predicted molar refractivity (Wildman–Crippen MR) is 111 cm³/mol. The van der Waals surface area contributed by atoms with Gasteiger partial charge in [0.2, 0.25) is 0 Å². The Morgan fingerprint density at radius 1 is 1.31 bits per heavy atom. The molecule has 2 heterocycles. The van der Waals surface area contributed by atoms with Crippen LogP contribution in [0.4, 0.5) is 5.82 Å². The summed E-state index contributed by atoms with van der Waals surface area (Å²) in [4.78, 5) is 26.5. The van der Waals surface area contributed by atoms with Gasteiger partial charge in [0.15, 0.2) is 0 Å². The van der Waals surface area contributed by atoms with Gasteiger partial charge < -0.3 is 20.7 Å². The van der Waals surface area contributed by atoms with Gasteiger partial charge in [0.25, 0.3) is 5.91 Å². The third-order valence-electron chi connectivity index (χ3n) is 5.26. The minimum absolute atomic E-state index is 0.104. The molecule has 1 saturated heterocycles. The molecule has 0 saturated carbocycles. The molecule has 0 bridgehead atoms. The number of ether oxygens (including phenoxy) is 1. The number of hydrogen-bond acceptors (Lipinski definition) is 6. The first-order valence-corrected chi connectivity index (χ1v) is 10.0. The van der Waals surface area contributed by atoms with Crippen molar-refractivity contribution in [2.45, 2.75) is 26.2 Å². The highest BCUT2D eigenvalue weighted by atomic mass is 16.5. The van der Waals surface area contributed by atoms with Crippen LogP contribution < -0.4 is 11.1 Å². The second-order valence-corrected chi connectivity index (χ2v) is 7.55. The molecule has 1 fully saturated rings. The smallest absolute Gasteiger partial charge is 0.343 e. The maximum Gasteiger partial charge on any atom is 0.343 e. The molecule has 8 heteroatoms. The Bertz CT molecular complexity index is 847. The molecule has 3 rings (SSSR count). The zero-order valence-corrected chi connectivity index (χ0v) is 17.1. The largest absolute Gasteiger partial charge is 0.465 e. The summed E-state index contributed by atoms with van der Waals surface area (Å²) < 4.78 is 6.12. The number of esters is 1. The van der Waals surface area contributed by atoms with Gasteiger partial charge in [0, 0.05) is 18.7 Å². The molecule has 1 aromatic carbocycles. The number of nitrogen functional groups attached to an aromatic ring is 1. The van der Waals surface area contributed by atoms with E-state index in [9.17, 15) is 9.59 Å².